The first-order valence-electron chi connectivity index (χ1n) is 4.40. The van der Waals surface area contributed by atoms with Crippen LogP contribution in [0.2, 0.25) is 0 Å². The molecule has 12 heavy (non-hydrogen) atoms. The number of amides is 1. The van der Waals surface area contributed by atoms with Crippen LogP contribution in [-0.2, 0) is 0 Å². The Bertz CT molecular complexity index is 161. The predicted octanol–water partition coefficient (Wildman–Crippen LogP) is 0.785. The first-order chi connectivity index (χ1) is 5.74. The van der Waals surface area contributed by atoms with Crippen LogP contribution in [0.15, 0.2) is 0 Å². The van der Waals surface area contributed by atoms with Gasteiger partial charge in [0, 0.05) is 12.1 Å². The van der Waals surface area contributed by atoms with E-state index in [2.05, 4.69) is 10.6 Å². The molecule has 1 saturated carbocycles. The first kappa shape index (κ1) is 9.32. The lowest BCUT2D eigenvalue weighted by Gasteiger charge is -2.30. The molecule has 0 spiro atoms. The summed E-state index contributed by atoms with van der Waals surface area (Å²) in [5.41, 5.74) is 0. The van der Waals surface area contributed by atoms with Gasteiger partial charge in [-0.15, -0.1) is 0 Å². The van der Waals surface area contributed by atoms with Gasteiger partial charge in [0.25, 0.3) is 0 Å². The Morgan fingerprint density at radius 3 is 2.42 bits per heavy atom. The lowest BCUT2D eigenvalue weighted by molar-refractivity contribution is 0.180. The maximum atomic E-state index is 10.4. The molecule has 0 heterocycles. The number of nitrogens with one attached hydrogen (secondary N) is 2. The predicted molar refractivity (Wildman–Crippen MR) is 46.3 cm³/mol. The fourth-order valence-corrected chi connectivity index (χ4v) is 1.81. The fraction of sp³-hybridized carbons (Fsp3) is 0.875. The van der Waals surface area contributed by atoms with E-state index in [4.69, 9.17) is 5.11 Å². The Morgan fingerprint density at radius 1 is 1.33 bits per heavy atom. The van der Waals surface area contributed by atoms with Crippen molar-refractivity contribution < 1.29 is 9.90 Å². The normalized spacial score (nSPS) is 29.8. The molecule has 4 heteroatoms. The molecule has 4 nitrogen and oxygen atoms in total. The van der Waals surface area contributed by atoms with Gasteiger partial charge in [-0.05, 0) is 19.9 Å². The summed E-state index contributed by atoms with van der Waals surface area (Å²) in [6.07, 6.45) is 3.44. The van der Waals surface area contributed by atoms with Crippen LogP contribution in [0.5, 0.6) is 0 Å². The second-order valence-electron chi connectivity index (χ2n) is 3.24. The van der Waals surface area contributed by atoms with E-state index in [1.54, 1.807) is 0 Å². The van der Waals surface area contributed by atoms with E-state index in [-0.39, 0.29) is 6.04 Å². The van der Waals surface area contributed by atoms with Gasteiger partial charge in [0.05, 0.1) is 0 Å². The second kappa shape index (κ2) is 4.30. The molecule has 2 atom stereocenters. The van der Waals surface area contributed by atoms with Crippen molar-refractivity contribution in [3.05, 3.63) is 0 Å². The summed E-state index contributed by atoms with van der Waals surface area (Å²) in [5.74, 6) is 0. The Balaban J connectivity index is 2.41. The molecular weight excluding hydrogens is 156 g/mol. The highest BCUT2D eigenvalue weighted by molar-refractivity contribution is 5.65. The van der Waals surface area contributed by atoms with Gasteiger partial charge in [0.15, 0.2) is 0 Å². The largest absolute Gasteiger partial charge is 0.465 e. The van der Waals surface area contributed by atoms with Crippen LogP contribution in [0.1, 0.15) is 25.7 Å². The fourth-order valence-electron chi connectivity index (χ4n) is 1.81. The maximum Gasteiger partial charge on any atom is 0.404 e. The Kier molecular flexibility index (Phi) is 3.34. The van der Waals surface area contributed by atoms with Crippen LogP contribution >= 0.6 is 0 Å². The Morgan fingerprint density at radius 2 is 1.92 bits per heavy atom. The number of likely N-dealkylation sites (N-methyl/N-ethyl adjacent to an activating group) is 1. The number of rotatable bonds is 2. The number of hydrogen-bond acceptors (Lipinski definition) is 2. The van der Waals surface area contributed by atoms with E-state index in [1.165, 1.54) is 6.42 Å². The molecule has 0 saturated heterocycles. The molecule has 1 rings (SSSR count). The number of carboxylic acid groups (broad SMARTS) is 1. The smallest absolute Gasteiger partial charge is 0.404 e. The van der Waals surface area contributed by atoms with E-state index in [0.29, 0.717) is 6.04 Å². The zero-order chi connectivity index (χ0) is 8.97. The van der Waals surface area contributed by atoms with Crippen molar-refractivity contribution in [2.75, 3.05) is 7.05 Å². The van der Waals surface area contributed by atoms with Gasteiger partial charge in [-0.2, -0.15) is 0 Å². The molecule has 3 N–H and O–H groups in total. The van der Waals surface area contributed by atoms with Gasteiger partial charge in [-0.1, -0.05) is 12.8 Å². The standard InChI is InChI=1S/C8H16N2O2/c1-9-6-4-2-3-5-7(6)10-8(11)12/h6-7,9-10H,2-5H2,1H3,(H,11,12)/t6-,7+/m1/s1. The summed E-state index contributed by atoms with van der Waals surface area (Å²) in [5, 5.41) is 14.2. The highest BCUT2D eigenvalue weighted by atomic mass is 16.4. The van der Waals surface area contributed by atoms with E-state index in [1.807, 2.05) is 7.05 Å². The van der Waals surface area contributed by atoms with Crippen molar-refractivity contribution in [3.63, 3.8) is 0 Å². The minimum atomic E-state index is -0.915. The van der Waals surface area contributed by atoms with Crippen LogP contribution in [0.4, 0.5) is 4.79 Å². The third-order valence-corrected chi connectivity index (χ3v) is 2.45. The van der Waals surface area contributed by atoms with Crippen molar-refractivity contribution in [1.29, 1.82) is 0 Å². The average molecular weight is 172 g/mol. The van der Waals surface area contributed by atoms with Crippen molar-refractivity contribution in [2.45, 2.75) is 37.8 Å². The zero-order valence-corrected chi connectivity index (χ0v) is 7.34. The molecule has 0 unspecified atom stereocenters. The van der Waals surface area contributed by atoms with Crippen LogP contribution in [0, 0.1) is 0 Å². The minimum Gasteiger partial charge on any atom is -0.465 e. The summed E-state index contributed by atoms with van der Waals surface area (Å²) in [6, 6.07) is 0.413. The third-order valence-electron chi connectivity index (χ3n) is 2.45. The van der Waals surface area contributed by atoms with E-state index in [0.717, 1.165) is 19.3 Å². The highest BCUT2D eigenvalue weighted by Gasteiger charge is 2.24. The molecule has 1 fully saturated rings. The van der Waals surface area contributed by atoms with Crippen molar-refractivity contribution >= 4 is 6.09 Å². The van der Waals surface area contributed by atoms with Crippen LogP contribution in [0.25, 0.3) is 0 Å². The highest BCUT2D eigenvalue weighted by Crippen LogP contribution is 2.17. The number of carbonyl (C=O) groups is 1. The van der Waals surface area contributed by atoms with Gasteiger partial charge in [-0.25, -0.2) is 4.79 Å². The molecule has 0 aromatic rings. The lowest BCUT2D eigenvalue weighted by Crippen LogP contribution is -2.50. The minimum absolute atomic E-state index is 0.0984. The van der Waals surface area contributed by atoms with Crippen LogP contribution in [0.3, 0.4) is 0 Å². The summed E-state index contributed by atoms with van der Waals surface area (Å²) < 4.78 is 0. The zero-order valence-electron chi connectivity index (χ0n) is 7.34. The maximum absolute atomic E-state index is 10.4. The quantitative estimate of drug-likeness (QED) is 0.577. The van der Waals surface area contributed by atoms with Gasteiger partial charge in [-0.3, -0.25) is 0 Å². The molecule has 0 aromatic carbocycles. The summed E-state index contributed by atoms with van der Waals surface area (Å²) in [6.45, 7) is 0. The molecule has 70 valence electrons. The molecule has 0 radical (unpaired) electrons. The monoisotopic (exact) mass is 172 g/mol. The molecular formula is C8H16N2O2. The summed E-state index contributed by atoms with van der Waals surface area (Å²) >= 11 is 0. The first-order valence-corrected chi connectivity index (χ1v) is 4.40. The van der Waals surface area contributed by atoms with Gasteiger partial charge in [0.1, 0.15) is 0 Å². The van der Waals surface area contributed by atoms with E-state index < -0.39 is 6.09 Å². The molecule has 0 aromatic heterocycles. The third kappa shape index (κ3) is 2.37. The summed E-state index contributed by atoms with van der Waals surface area (Å²) in [4.78, 5) is 10.4. The molecule has 1 aliphatic rings. The van der Waals surface area contributed by atoms with Crippen molar-refractivity contribution in [1.82, 2.24) is 10.6 Å². The Labute approximate surface area is 72.3 Å². The molecule has 0 aliphatic heterocycles. The lowest BCUT2D eigenvalue weighted by atomic mass is 9.90. The van der Waals surface area contributed by atoms with Crippen molar-refractivity contribution in [3.8, 4) is 0 Å². The van der Waals surface area contributed by atoms with Gasteiger partial charge >= 0.3 is 6.09 Å². The molecule has 0 bridgehead atoms. The average Bonchev–Trinajstić information content (AvgIpc) is 2.04. The van der Waals surface area contributed by atoms with Crippen LogP contribution in [-0.4, -0.2) is 30.3 Å². The van der Waals surface area contributed by atoms with E-state index in [9.17, 15) is 4.79 Å². The molecule has 1 aliphatic carbocycles. The van der Waals surface area contributed by atoms with E-state index >= 15 is 0 Å². The van der Waals surface area contributed by atoms with Crippen LogP contribution < -0.4 is 10.6 Å². The topological polar surface area (TPSA) is 61.4 Å². The second-order valence-corrected chi connectivity index (χ2v) is 3.24. The summed E-state index contributed by atoms with van der Waals surface area (Å²) in [7, 11) is 1.88. The SMILES string of the molecule is CN[C@@H]1CCCC[C@@H]1NC(=O)O. The molecule has 1 amide bonds. The van der Waals surface area contributed by atoms with Crippen molar-refractivity contribution in [2.24, 2.45) is 0 Å². The number of hydrogen-bond donors (Lipinski definition) is 3. The Hall–Kier alpha value is -0.770. The van der Waals surface area contributed by atoms with Gasteiger partial charge in [0.2, 0.25) is 0 Å². The van der Waals surface area contributed by atoms with Gasteiger partial charge < -0.3 is 15.7 Å².